The molecule has 0 aliphatic carbocycles. The first-order valence-corrected chi connectivity index (χ1v) is 5.97. The van der Waals surface area contributed by atoms with E-state index in [-0.39, 0.29) is 10.0 Å². The predicted octanol–water partition coefficient (Wildman–Crippen LogP) is 4.98. The summed E-state index contributed by atoms with van der Waals surface area (Å²) < 4.78 is 25.5. The molecule has 4 heteroatoms. The molecule has 92 valence electrons. The van der Waals surface area contributed by atoms with E-state index in [1.54, 1.807) is 0 Å². The van der Waals surface area contributed by atoms with Crippen molar-refractivity contribution in [3.63, 3.8) is 0 Å². The van der Waals surface area contributed by atoms with Crippen molar-refractivity contribution in [2.45, 2.75) is 34.6 Å². The fourth-order valence-electron chi connectivity index (χ4n) is 0.792. The minimum absolute atomic E-state index is 0.0918. The smallest absolute Gasteiger partial charge is 0.162 e. The third-order valence-corrected chi connectivity index (χ3v) is 2.00. The van der Waals surface area contributed by atoms with Crippen molar-refractivity contribution in [1.29, 1.82) is 0 Å². The van der Waals surface area contributed by atoms with Crippen LogP contribution in [0.2, 0.25) is 0 Å². The van der Waals surface area contributed by atoms with E-state index in [1.165, 1.54) is 6.92 Å². The largest absolute Gasteiger partial charge is 0.294 e. The molecule has 0 atom stereocenters. The number of halogens is 3. The molecule has 0 amide bonds. The third kappa shape index (κ3) is 5.35. The van der Waals surface area contributed by atoms with Gasteiger partial charge in [0.2, 0.25) is 0 Å². The molecule has 0 heterocycles. The van der Waals surface area contributed by atoms with Crippen LogP contribution in [-0.4, -0.2) is 5.78 Å². The summed E-state index contributed by atoms with van der Waals surface area (Å²) in [4.78, 5) is 10.7. The fourth-order valence-corrected chi connectivity index (χ4v) is 1.14. The highest BCUT2D eigenvalue weighted by Gasteiger charge is 2.10. The van der Waals surface area contributed by atoms with E-state index in [1.807, 2.05) is 27.7 Å². The maximum Gasteiger partial charge on any atom is 0.162 e. The van der Waals surface area contributed by atoms with Crippen molar-refractivity contribution >= 4 is 21.7 Å². The lowest BCUT2D eigenvalue weighted by Crippen LogP contribution is -1.98. The van der Waals surface area contributed by atoms with E-state index in [0.29, 0.717) is 6.07 Å². The molecule has 0 bridgehead atoms. The second kappa shape index (κ2) is 9.46. The predicted molar refractivity (Wildman–Crippen MR) is 66.8 cm³/mol. The Bertz CT molecular complexity index is 338. The number of carbonyl (C=O) groups is 1. The Labute approximate surface area is 104 Å². The Morgan fingerprint density at radius 2 is 1.50 bits per heavy atom. The minimum atomic E-state index is -0.830. The van der Waals surface area contributed by atoms with Crippen LogP contribution in [0.3, 0.4) is 0 Å². The van der Waals surface area contributed by atoms with Gasteiger partial charge in [0.05, 0.1) is 10.0 Å². The molecule has 0 aliphatic rings. The maximum absolute atomic E-state index is 12.8. The molecular formula is C12H17BrF2O. The van der Waals surface area contributed by atoms with Crippen LogP contribution in [-0.2, 0) is 0 Å². The summed E-state index contributed by atoms with van der Waals surface area (Å²) in [5.41, 5.74) is -0.108. The van der Waals surface area contributed by atoms with Crippen LogP contribution < -0.4 is 0 Å². The van der Waals surface area contributed by atoms with E-state index in [4.69, 9.17) is 0 Å². The summed E-state index contributed by atoms with van der Waals surface area (Å²) in [5, 5.41) is 0. The van der Waals surface area contributed by atoms with Gasteiger partial charge in [-0.15, -0.1) is 0 Å². The molecule has 0 radical (unpaired) electrons. The van der Waals surface area contributed by atoms with E-state index in [9.17, 15) is 13.6 Å². The van der Waals surface area contributed by atoms with Crippen LogP contribution >= 0.6 is 15.9 Å². The van der Waals surface area contributed by atoms with Gasteiger partial charge in [-0.25, -0.2) is 8.78 Å². The van der Waals surface area contributed by atoms with Gasteiger partial charge in [-0.2, -0.15) is 0 Å². The van der Waals surface area contributed by atoms with Gasteiger partial charge in [0.1, 0.15) is 11.6 Å². The first kappa shape index (κ1) is 17.6. The van der Waals surface area contributed by atoms with Gasteiger partial charge < -0.3 is 0 Å². The molecule has 16 heavy (non-hydrogen) atoms. The molecule has 1 nitrogen and oxygen atoms in total. The van der Waals surface area contributed by atoms with Gasteiger partial charge in [-0.3, -0.25) is 4.79 Å². The first-order chi connectivity index (χ1) is 7.52. The summed E-state index contributed by atoms with van der Waals surface area (Å²) in [6.45, 7) is 9.22. The van der Waals surface area contributed by atoms with Gasteiger partial charge in [0.25, 0.3) is 0 Å². The van der Waals surface area contributed by atoms with Crippen LogP contribution in [0.5, 0.6) is 0 Å². The summed E-state index contributed by atoms with van der Waals surface area (Å²) in [5.74, 6) is -1.96. The maximum atomic E-state index is 12.8. The zero-order valence-electron chi connectivity index (χ0n) is 10.2. The number of hydrogen-bond donors (Lipinski definition) is 0. The monoisotopic (exact) mass is 294 g/mol. The zero-order valence-corrected chi connectivity index (χ0v) is 11.8. The lowest BCUT2D eigenvalue weighted by Gasteiger charge is -1.99. The molecule has 1 aromatic carbocycles. The molecule has 0 aliphatic heterocycles. The van der Waals surface area contributed by atoms with Crippen molar-refractivity contribution in [2.24, 2.45) is 0 Å². The second-order valence-corrected chi connectivity index (χ2v) is 3.16. The van der Waals surface area contributed by atoms with Gasteiger partial charge in [-0.1, -0.05) is 27.7 Å². The summed E-state index contributed by atoms with van der Waals surface area (Å²) >= 11 is 2.85. The molecule has 1 aromatic rings. The molecular weight excluding hydrogens is 278 g/mol. The normalized spacial score (nSPS) is 8.25. The average Bonchev–Trinajstić information content (AvgIpc) is 2.28. The van der Waals surface area contributed by atoms with Gasteiger partial charge in [-0.05, 0) is 28.9 Å². The van der Waals surface area contributed by atoms with Gasteiger partial charge in [0.15, 0.2) is 5.78 Å². The van der Waals surface area contributed by atoms with Crippen molar-refractivity contribution < 1.29 is 13.6 Å². The van der Waals surface area contributed by atoms with Crippen molar-refractivity contribution in [3.8, 4) is 0 Å². The lowest BCUT2D eigenvalue weighted by atomic mass is 10.1. The highest BCUT2D eigenvalue weighted by atomic mass is 79.9. The molecule has 0 saturated heterocycles. The van der Waals surface area contributed by atoms with Crippen LogP contribution in [0.25, 0.3) is 0 Å². The molecule has 0 saturated carbocycles. The zero-order chi connectivity index (χ0) is 13.3. The Balaban J connectivity index is 0. The van der Waals surface area contributed by atoms with Gasteiger partial charge in [0, 0.05) is 6.07 Å². The molecule has 0 aromatic heterocycles. The lowest BCUT2D eigenvalue weighted by molar-refractivity contribution is 0.101. The Hall–Kier alpha value is -0.770. The molecule has 1 rings (SSSR count). The Morgan fingerprint density at radius 1 is 1.06 bits per heavy atom. The number of Topliss-reactive ketones (excluding diaryl/α,β-unsaturated/α-hetero) is 1. The molecule has 0 spiro atoms. The fraction of sp³-hybridized carbons (Fsp3) is 0.417. The van der Waals surface area contributed by atoms with Crippen LogP contribution in [0.15, 0.2) is 16.6 Å². The van der Waals surface area contributed by atoms with Crippen molar-refractivity contribution in [2.75, 3.05) is 0 Å². The number of hydrogen-bond acceptors (Lipinski definition) is 1. The van der Waals surface area contributed by atoms with Gasteiger partial charge >= 0.3 is 0 Å². The quantitative estimate of drug-likeness (QED) is 0.527. The summed E-state index contributed by atoms with van der Waals surface area (Å²) in [6, 6.07) is 1.81. The van der Waals surface area contributed by atoms with E-state index >= 15 is 0 Å². The third-order valence-electron chi connectivity index (χ3n) is 1.39. The van der Waals surface area contributed by atoms with Crippen LogP contribution in [0.1, 0.15) is 45.0 Å². The highest BCUT2D eigenvalue weighted by molar-refractivity contribution is 9.10. The average molecular weight is 295 g/mol. The van der Waals surface area contributed by atoms with E-state index < -0.39 is 17.4 Å². The summed E-state index contributed by atoms with van der Waals surface area (Å²) in [6.07, 6.45) is 0. The molecule has 0 unspecified atom stereocenters. The van der Waals surface area contributed by atoms with Crippen LogP contribution in [0.4, 0.5) is 8.78 Å². The first-order valence-electron chi connectivity index (χ1n) is 5.18. The SMILES string of the molecule is CC.CC.CC(=O)c1cc(Br)c(F)cc1F. The Kier molecular flexibility index (Phi) is 10.4. The topological polar surface area (TPSA) is 17.1 Å². The molecule has 0 N–H and O–H groups in total. The second-order valence-electron chi connectivity index (χ2n) is 2.30. The highest BCUT2D eigenvalue weighted by Crippen LogP contribution is 2.20. The number of carbonyl (C=O) groups excluding carboxylic acids is 1. The number of benzene rings is 1. The minimum Gasteiger partial charge on any atom is -0.294 e. The standard InChI is InChI=1S/C8H5BrF2O.2C2H6/c1-4(12)5-2-6(9)8(11)3-7(5)10;2*1-2/h2-3H,1H3;2*1-2H3. The number of rotatable bonds is 1. The Morgan fingerprint density at radius 3 is 1.88 bits per heavy atom. The van der Waals surface area contributed by atoms with Crippen LogP contribution in [0, 0.1) is 11.6 Å². The molecule has 0 fully saturated rings. The van der Waals surface area contributed by atoms with Crippen molar-refractivity contribution in [3.05, 3.63) is 33.8 Å². The van der Waals surface area contributed by atoms with E-state index in [2.05, 4.69) is 15.9 Å². The van der Waals surface area contributed by atoms with E-state index in [0.717, 1.165) is 6.07 Å². The summed E-state index contributed by atoms with van der Waals surface area (Å²) in [7, 11) is 0. The van der Waals surface area contributed by atoms with Crippen molar-refractivity contribution in [1.82, 2.24) is 0 Å². The number of ketones is 1.